The van der Waals surface area contributed by atoms with Gasteiger partial charge in [-0.2, -0.15) is 8.42 Å². The van der Waals surface area contributed by atoms with Gasteiger partial charge in [-0.15, -0.1) is 11.3 Å². The molecule has 1 aromatic rings. The van der Waals surface area contributed by atoms with E-state index in [4.69, 9.17) is 9.29 Å². The molecule has 2 atom stereocenters. The van der Waals surface area contributed by atoms with Crippen LogP contribution in [0.4, 0.5) is 9.93 Å². The van der Waals surface area contributed by atoms with Crippen LogP contribution in [0.5, 0.6) is 0 Å². The molecule has 1 aliphatic heterocycles. The molecule has 11 nitrogen and oxygen atoms in total. The molecule has 1 aromatic heterocycles. The molecule has 2 heterocycles. The van der Waals surface area contributed by atoms with Crippen molar-refractivity contribution >= 4 is 44.7 Å². The van der Waals surface area contributed by atoms with Crippen molar-refractivity contribution in [3.05, 3.63) is 11.1 Å². The summed E-state index contributed by atoms with van der Waals surface area (Å²) in [5.41, 5.74) is -0.305. The molecule has 0 radical (unpaired) electrons. The molecule has 1 aliphatic rings. The van der Waals surface area contributed by atoms with Crippen LogP contribution >= 0.6 is 11.3 Å². The second-order valence-electron chi connectivity index (χ2n) is 6.85. The quantitative estimate of drug-likeness (QED) is 0.461. The number of ether oxygens (including phenoxy) is 1. The summed E-state index contributed by atoms with van der Waals surface area (Å²) in [5.74, 6) is -1.46. The van der Waals surface area contributed by atoms with Gasteiger partial charge in [0.05, 0.1) is 18.2 Å². The van der Waals surface area contributed by atoms with Crippen LogP contribution in [0.1, 0.15) is 33.4 Å². The van der Waals surface area contributed by atoms with Gasteiger partial charge < -0.3 is 10.1 Å². The number of β-lactam (4-membered cyclic amide) rings is 1. The van der Waals surface area contributed by atoms with E-state index in [-0.39, 0.29) is 11.6 Å². The minimum Gasteiger partial charge on any atom is -0.444 e. The SMILES string of the molecule is CC1[C@H](NC(=O)Cc2csc(NC(=O)OC(C)(C)C)n2)C(=O)N1S(=O)(=O)O. The molecule has 0 aromatic carbocycles. The summed E-state index contributed by atoms with van der Waals surface area (Å²) in [6.07, 6.45) is -0.846. The summed E-state index contributed by atoms with van der Waals surface area (Å²) < 4.78 is 36.4. The van der Waals surface area contributed by atoms with Crippen molar-refractivity contribution in [2.45, 2.75) is 51.8 Å². The summed E-state index contributed by atoms with van der Waals surface area (Å²) in [7, 11) is -4.64. The van der Waals surface area contributed by atoms with Crippen molar-refractivity contribution in [2.75, 3.05) is 5.32 Å². The number of nitrogens with one attached hydrogen (secondary N) is 2. The van der Waals surface area contributed by atoms with E-state index in [0.29, 0.717) is 10.00 Å². The minimum atomic E-state index is -4.64. The van der Waals surface area contributed by atoms with Crippen LogP contribution in [0.25, 0.3) is 0 Å². The average Bonchev–Trinajstić information content (AvgIpc) is 2.88. The first-order valence-electron chi connectivity index (χ1n) is 7.82. The fourth-order valence-electron chi connectivity index (χ4n) is 2.33. The van der Waals surface area contributed by atoms with Crippen LogP contribution in [0, 0.1) is 0 Å². The summed E-state index contributed by atoms with van der Waals surface area (Å²) in [4.78, 5) is 39.5. The van der Waals surface area contributed by atoms with Crippen molar-refractivity contribution in [3.63, 3.8) is 0 Å². The van der Waals surface area contributed by atoms with Gasteiger partial charge in [0, 0.05) is 5.38 Å². The zero-order valence-corrected chi connectivity index (χ0v) is 16.7. The maximum absolute atomic E-state index is 12.0. The Morgan fingerprint density at radius 1 is 1.41 bits per heavy atom. The van der Waals surface area contributed by atoms with Crippen molar-refractivity contribution in [3.8, 4) is 0 Å². The Bertz CT molecular complexity index is 859. The maximum atomic E-state index is 12.0. The molecule has 0 aliphatic carbocycles. The van der Waals surface area contributed by atoms with E-state index in [1.807, 2.05) is 0 Å². The van der Waals surface area contributed by atoms with Gasteiger partial charge in [0.25, 0.3) is 5.91 Å². The monoisotopic (exact) mass is 420 g/mol. The molecule has 150 valence electrons. The fraction of sp³-hybridized carbons (Fsp3) is 0.571. The van der Waals surface area contributed by atoms with E-state index in [1.165, 1.54) is 6.92 Å². The lowest BCUT2D eigenvalue weighted by Crippen LogP contribution is -2.70. The molecule has 2 rings (SSSR count). The molecule has 1 unspecified atom stereocenters. The van der Waals surface area contributed by atoms with Gasteiger partial charge in [0.2, 0.25) is 5.91 Å². The highest BCUT2D eigenvalue weighted by atomic mass is 32.2. The summed E-state index contributed by atoms with van der Waals surface area (Å²) in [6, 6.07) is -1.94. The predicted molar refractivity (Wildman–Crippen MR) is 95.5 cm³/mol. The Hall–Kier alpha value is -2.25. The lowest BCUT2D eigenvalue weighted by Gasteiger charge is -2.42. The molecule has 1 saturated heterocycles. The van der Waals surface area contributed by atoms with Crippen LogP contribution < -0.4 is 10.6 Å². The van der Waals surface area contributed by atoms with Crippen molar-refractivity contribution < 1.29 is 32.1 Å². The van der Waals surface area contributed by atoms with E-state index >= 15 is 0 Å². The van der Waals surface area contributed by atoms with Gasteiger partial charge in [0.1, 0.15) is 11.6 Å². The number of hydrogen-bond acceptors (Lipinski definition) is 8. The van der Waals surface area contributed by atoms with Crippen molar-refractivity contribution in [1.29, 1.82) is 0 Å². The number of thiazole rings is 1. The molecule has 27 heavy (non-hydrogen) atoms. The van der Waals surface area contributed by atoms with Gasteiger partial charge in [0.15, 0.2) is 5.13 Å². The van der Waals surface area contributed by atoms with E-state index in [2.05, 4.69) is 15.6 Å². The van der Waals surface area contributed by atoms with E-state index < -0.39 is 45.9 Å². The molecule has 13 heteroatoms. The number of hydrogen-bond donors (Lipinski definition) is 3. The van der Waals surface area contributed by atoms with Gasteiger partial charge in [-0.3, -0.25) is 19.5 Å². The maximum Gasteiger partial charge on any atom is 0.413 e. The van der Waals surface area contributed by atoms with Crippen LogP contribution in [-0.4, -0.2) is 57.9 Å². The topological polar surface area (TPSA) is 155 Å². The number of amides is 3. The highest BCUT2D eigenvalue weighted by Gasteiger charge is 2.51. The van der Waals surface area contributed by atoms with Crippen LogP contribution in [0.3, 0.4) is 0 Å². The Kier molecular flexibility index (Phi) is 5.77. The third kappa shape index (κ3) is 5.37. The summed E-state index contributed by atoms with van der Waals surface area (Å²) in [5, 5.41) is 6.65. The van der Waals surface area contributed by atoms with E-state index in [0.717, 1.165) is 11.3 Å². The number of anilines is 1. The molecular formula is C14H20N4O7S2. The molecule has 0 spiro atoms. The number of rotatable bonds is 5. The Labute approximate surface area is 160 Å². The first-order valence-corrected chi connectivity index (χ1v) is 10.1. The summed E-state index contributed by atoms with van der Waals surface area (Å²) in [6.45, 7) is 6.54. The number of aromatic nitrogens is 1. The van der Waals surface area contributed by atoms with Crippen LogP contribution in [-0.2, 0) is 31.1 Å². The molecule has 3 amide bonds. The first-order chi connectivity index (χ1) is 12.3. The van der Waals surface area contributed by atoms with Gasteiger partial charge in [-0.1, -0.05) is 0 Å². The lowest BCUT2D eigenvalue weighted by atomic mass is 10.0. The third-order valence-corrected chi connectivity index (χ3v) is 5.22. The van der Waals surface area contributed by atoms with Gasteiger partial charge in [-0.25, -0.2) is 14.1 Å². The normalized spacial score (nSPS) is 20.0. The van der Waals surface area contributed by atoms with E-state index in [1.54, 1.807) is 26.2 Å². The smallest absolute Gasteiger partial charge is 0.413 e. The number of carbonyl (C=O) groups excluding carboxylic acids is 3. The first kappa shape index (κ1) is 21.1. The van der Waals surface area contributed by atoms with Crippen molar-refractivity contribution in [1.82, 2.24) is 14.6 Å². The second-order valence-corrected chi connectivity index (χ2v) is 8.99. The average molecular weight is 420 g/mol. The Morgan fingerprint density at radius 3 is 2.56 bits per heavy atom. The predicted octanol–water partition coefficient (Wildman–Crippen LogP) is 0.551. The highest BCUT2D eigenvalue weighted by Crippen LogP contribution is 2.23. The molecule has 0 bridgehead atoms. The third-order valence-electron chi connectivity index (χ3n) is 3.40. The number of carbonyl (C=O) groups is 3. The fourth-order valence-corrected chi connectivity index (χ4v) is 3.91. The number of nitrogens with zero attached hydrogens (tertiary/aromatic N) is 2. The van der Waals surface area contributed by atoms with E-state index in [9.17, 15) is 22.8 Å². The Morgan fingerprint density at radius 2 is 2.04 bits per heavy atom. The second kappa shape index (κ2) is 7.40. The minimum absolute atomic E-state index is 0.172. The molecular weight excluding hydrogens is 400 g/mol. The zero-order valence-electron chi connectivity index (χ0n) is 15.0. The largest absolute Gasteiger partial charge is 0.444 e. The lowest BCUT2D eigenvalue weighted by molar-refractivity contribution is -0.144. The molecule has 1 fully saturated rings. The molecule has 0 saturated carbocycles. The van der Waals surface area contributed by atoms with Gasteiger partial charge >= 0.3 is 16.4 Å². The summed E-state index contributed by atoms with van der Waals surface area (Å²) >= 11 is 1.10. The van der Waals surface area contributed by atoms with Gasteiger partial charge in [-0.05, 0) is 27.7 Å². The van der Waals surface area contributed by atoms with Crippen LogP contribution in [0.15, 0.2) is 5.38 Å². The standard InChI is InChI=1S/C14H20N4O7S2/c1-7-10(11(20)18(7)27(22,23)24)16-9(19)5-8-6-26-12(15-8)17-13(21)25-14(2,3)4/h6-7,10H,5H2,1-4H3,(H,16,19)(H,15,17,21)(H,22,23,24)/t7?,10-/m0/s1. The van der Waals surface area contributed by atoms with Crippen molar-refractivity contribution in [2.24, 2.45) is 0 Å². The highest BCUT2D eigenvalue weighted by molar-refractivity contribution is 7.84. The molecule has 3 N–H and O–H groups in total. The zero-order chi connectivity index (χ0) is 20.6. The Balaban J connectivity index is 1.88. The van der Waals surface area contributed by atoms with Crippen LogP contribution in [0.2, 0.25) is 0 Å².